The van der Waals surface area contributed by atoms with E-state index in [9.17, 15) is 14.4 Å². The summed E-state index contributed by atoms with van der Waals surface area (Å²) < 4.78 is 11.7. The molecule has 0 unspecified atom stereocenters. The molecule has 3 N–H and O–H groups in total. The standard InChI is InChI=1S/C21H22N4O5/c1-11(2)25-21(28)13-8-6-5-7-12(13)18(24-25)20(27)23-15-10-17(30-4)16(29-3)9-14(15)19(22)26/h5-11H,1-4H3,(H2,22,26)(H,23,27). The van der Waals surface area contributed by atoms with E-state index in [1.807, 2.05) is 0 Å². The number of ether oxygens (including phenoxy) is 2. The molecule has 0 spiro atoms. The van der Waals surface area contributed by atoms with Gasteiger partial charge in [0.25, 0.3) is 17.4 Å². The molecule has 3 rings (SSSR count). The van der Waals surface area contributed by atoms with E-state index in [-0.39, 0.29) is 28.5 Å². The third-order valence-electron chi connectivity index (χ3n) is 4.57. The van der Waals surface area contributed by atoms with Crippen molar-refractivity contribution in [3.05, 3.63) is 58.0 Å². The molecule has 1 heterocycles. The van der Waals surface area contributed by atoms with E-state index >= 15 is 0 Å². The number of nitrogens with one attached hydrogen (secondary N) is 1. The highest BCUT2D eigenvalue weighted by Crippen LogP contribution is 2.33. The molecule has 30 heavy (non-hydrogen) atoms. The summed E-state index contributed by atoms with van der Waals surface area (Å²) in [5, 5.41) is 7.70. The summed E-state index contributed by atoms with van der Waals surface area (Å²) in [6.45, 7) is 3.59. The number of amides is 2. The molecule has 156 valence electrons. The molecule has 0 saturated heterocycles. The first kappa shape index (κ1) is 20.8. The summed E-state index contributed by atoms with van der Waals surface area (Å²) in [5.74, 6) is -0.754. The van der Waals surface area contributed by atoms with E-state index < -0.39 is 11.8 Å². The number of methoxy groups -OCH3 is 2. The first-order valence-corrected chi connectivity index (χ1v) is 9.17. The van der Waals surface area contributed by atoms with Gasteiger partial charge in [-0.2, -0.15) is 5.10 Å². The van der Waals surface area contributed by atoms with Crippen LogP contribution in [0.4, 0.5) is 5.69 Å². The van der Waals surface area contributed by atoms with Gasteiger partial charge in [-0.15, -0.1) is 0 Å². The van der Waals surface area contributed by atoms with Crippen LogP contribution in [0.15, 0.2) is 41.2 Å². The van der Waals surface area contributed by atoms with Gasteiger partial charge in [-0.05, 0) is 26.0 Å². The fourth-order valence-corrected chi connectivity index (χ4v) is 3.09. The van der Waals surface area contributed by atoms with Crippen molar-refractivity contribution in [2.45, 2.75) is 19.9 Å². The van der Waals surface area contributed by atoms with Crippen molar-refractivity contribution in [1.82, 2.24) is 9.78 Å². The Hall–Kier alpha value is -3.88. The molecule has 3 aromatic rings. The molecule has 2 amide bonds. The Kier molecular flexibility index (Phi) is 5.72. The van der Waals surface area contributed by atoms with Crippen LogP contribution < -0.4 is 26.1 Å². The summed E-state index contributed by atoms with van der Waals surface area (Å²) in [4.78, 5) is 37.7. The number of fused-ring (bicyclic) bond motifs is 1. The highest BCUT2D eigenvalue weighted by Gasteiger charge is 2.21. The predicted molar refractivity (Wildman–Crippen MR) is 112 cm³/mol. The average molecular weight is 410 g/mol. The van der Waals surface area contributed by atoms with Crippen LogP contribution in [0.2, 0.25) is 0 Å². The van der Waals surface area contributed by atoms with Gasteiger partial charge in [0, 0.05) is 11.5 Å². The number of rotatable bonds is 6. The highest BCUT2D eigenvalue weighted by atomic mass is 16.5. The minimum Gasteiger partial charge on any atom is -0.493 e. The second-order valence-electron chi connectivity index (χ2n) is 6.81. The van der Waals surface area contributed by atoms with Gasteiger partial charge in [-0.25, -0.2) is 4.68 Å². The van der Waals surface area contributed by atoms with Crippen molar-refractivity contribution in [3.63, 3.8) is 0 Å². The maximum Gasteiger partial charge on any atom is 0.276 e. The zero-order chi connectivity index (χ0) is 22.0. The zero-order valence-corrected chi connectivity index (χ0v) is 17.1. The van der Waals surface area contributed by atoms with Crippen LogP contribution in [0.25, 0.3) is 10.8 Å². The van der Waals surface area contributed by atoms with Gasteiger partial charge >= 0.3 is 0 Å². The van der Waals surface area contributed by atoms with Crippen LogP contribution >= 0.6 is 0 Å². The normalized spacial score (nSPS) is 10.8. The lowest BCUT2D eigenvalue weighted by molar-refractivity contribution is 0.100. The van der Waals surface area contributed by atoms with Crippen LogP contribution in [-0.4, -0.2) is 35.8 Å². The second-order valence-corrected chi connectivity index (χ2v) is 6.81. The molecule has 1 aromatic heterocycles. The first-order valence-electron chi connectivity index (χ1n) is 9.17. The Morgan fingerprint density at radius 3 is 2.23 bits per heavy atom. The number of nitrogens with two attached hydrogens (primary N) is 1. The van der Waals surface area contributed by atoms with E-state index in [2.05, 4.69) is 10.4 Å². The Morgan fingerprint density at radius 2 is 1.67 bits per heavy atom. The fourth-order valence-electron chi connectivity index (χ4n) is 3.09. The van der Waals surface area contributed by atoms with Gasteiger partial charge in [-0.1, -0.05) is 18.2 Å². The molecule has 0 aliphatic carbocycles. The third kappa shape index (κ3) is 3.69. The summed E-state index contributed by atoms with van der Waals surface area (Å²) in [7, 11) is 2.85. The Balaban J connectivity index is 2.15. The number of benzene rings is 2. The molecule has 9 heteroatoms. The SMILES string of the molecule is COc1cc(NC(=O)c2nn(C(C)C)c(=O)c3ccccc23)c(C(N)=O)cc1OC. The van der Waals surface area contributed by atoms with Crippen molar-refractivity contribution in [2.75, 3.05) is 19.5 Å². The Morgan fingerprint density at radius 1 is 1.07 bits per heavy atom. The summed E-state index contributed by atoms with van der Waals surface area (Å²) in [5.41, 5.74) is 5.41. The largest absolute Gasteiger partial charge is 0.493 e. The number of carbonyl (C=O) groups excluding carboxylic acids is 2. The number of hydrogen-bond donors (Lipinski definition) is 2. The molecule has 9 nitrogen and oxygen atoms in total. The van der Waals surface area contributed by atoms with Crippen molar-refractivity contribution < 1.29 is 19.1 Å². The smallest absolute Gasteiger partial charge is 0.276 e. The molecule has 0 aliphatic heterocycles. The number of aromatic nitrogens is 2. The van der Waals surface area contributed by atoms with Gasteiger partial charge in [-0.3, -0.25) is 14.4 Å². The molecule has 0 radical (unpaired) electrons. The molecule has 0 atom stereocenters. The monoisotopic (exact) mass is 410 g/mol. The van der Waals surface area contributed by atoms with Gasteiger partial charge < -0.3 is 20.5 Å². The van der Waals surface area contributed by atoms with Gasteiger partial charge in [0.15, 0.2) is 17.2 Å². The van der Waals surface area contributed by atoms with Crippen LogP contribution in [0.5, 0.6) is 11.5 Å². The van der Waals surface area contributed by atoms with Crippen LogP contribution in [-0.2, 0) is 0 Å². The minimum atomic E-state index is -0.753. The molecule has 0 bridgehead atoms. The number of anilines is 1. The molecule has 0 fully saturated rings. The van der Waals surface area contributed by atoms with E-state index in [0.29, 0.717) is 22.3 Å². The van der Waals surface area contributed by atoms with Crippen LogP contribution in [0.1, 0.15) is 40.7 Å². The van der Waals surface area contributed by atoms with E-state index in [0.717, 1.165) is 0 Å². The lowest BCUT2D eigenvalue weighted by Gasteiger charge is -2.16. The third-order valence-corrected chi connectivity index (χ3v) is 4.57. The van der Waals surface area contributed by atoms with Crippen molar-refractivity contribution in [3.8, 4) is 11.5 Å². The number of carbonyl (C=O) groups is 2. The molecule has 0 saturated carbocycles. The number of nitrogens with zero attached hydrogens (tertiary/aromatic N) is 2. The van der Waals surface area contributed by atoms with E-state index in [4.69, 9.17) is 15.2 Å². The molecular formula is C21H22N4O5. The Bertz CT molecular complexity index is 1200. The van der Waals surface area contributed by atoms with E-state index in [1.54, 1.807) is 38.1 Å². The topological polar surface area (TPSA) is 126 Å². The van der Waals surface area contributed by atoms with Gasteiger partial charge in [0.2, 0.25) is 0 Å². The average Bonchev–Trinajstić information content (AvgIpc) is 2.73. The predicted octanol–water partition coefficient (Wildman–Crippen LogP) is 2.35. The second kappa shape index (κ2) is 8.24. The zero-order valence-electron chi connectivity index (χ0n) is 17.1. The first-order chi connectivity index (χ1) is 14.3. The quantitative estimate of drug-likeness (QED) is 0.642. The van der Waals surface area contributed by atoms with E-state index in [1.165, 1.54) is 31.0 Å². The van der Waals surface area contributed by atoms with Crippen LogP contribution in [0.3, 0.4) is 0 Å². The van der Waals surface area contributed by atoms with Crippen LogP contribution in [0, 0.1) is 0 Å². The molecular weight excluding hydrogens is 388 g/mol. The molecule has 2 aromatic carbocycles. The molecule has 0 aliphatic rings. The lowest BCUT2D eigenvalue weighted by Crippen LogP contribution is -2.29. The number of primary amides is 1. The summed E-state index contributed by atoms with van der Waals surface area (Å²) >= 11 is 0. The summed E-state index contributed by atoms with van der Waals surface area (Å²) in [6.07, 6.45) is 0. The lowest BCUT2D eigenvalue weighted by atomic mass is 10.1. The Labute approximate surface area is 172 Å². The minimum absolute atomic E-state index is 0.0440. The highest BCUT2D eigenvalue weighted by molar-refractivity contribution is 6.13. The van der Waals surface area contributed by atoms with Gasteiger partial charge in [0.05, 0.1) is 36.9 Å². The van der Waals surface area contributed by atoms with Crippen molar-refractivity contribution >= 4 is 28.3 Å². The fraction of sp³-hybridized carbons (Fsp3) is 0.238. The summed E-state index contributed by atoms with van der Waals surface area (Å²) in [6, 6.07) is 9.29. The maximum atomic E-state index is 13.1. The van der Waals surface area contributed by atoms with Crippen molar-refractivity contribution in [1.29, 1.82) is 0 Å². The number of hydrogen-bond acceptors (Lipinski definition) is 6. The maximum absolute atomic E-state index is 13.1. The van der Waals surface area contributed by atoms with Crippen molar-refractivity contribution in [2.24, 2.45) is 5.73 Å². The van der Waals surface area contributed by atoms with Gasteiger partial charge in [0.1, 0.15) is 0 Å².